The summed E-state index contributed by atoms with van der Waals surface area (Å²) in [7, 11) is -2.28. The Kier molecular flexibility index (Phi) is 5.24. The highest BCUT2D eigenvalue weighted by Gasteiger charge is 2.22. The van der Waals surface area contributed by atoms with Gasteiger partial charge in [-0.1, -0.05) is 6.92 Å². The number of hydrogen-bond acceptors (Lipinski definition) is 6. The molecule has 8 heteroatoms. The van der Waals surface area contributed by atoms with E-state index in [2.05, 4.69) is 14.4 Å². The predicted octanol–water partition coefficient (Wildman–Crippen LogP) is 0.680. The van der Waals surface area contributed by atoms with Gasteiger partial charge in [-0.15, -0.1) is 11.3 Å². The molecule has 0 aliphatic rings. The molecule has 1 atom stereocenters. The lowest BCUT2D eigenvalue weighted by Gasteiger charge is -2.10. The molecule has 0 aromatic carbocycles. The van der Waals surface area contributed by atoms with Gasteiger partial charge in [-0.25, -0.2) is 18.1 Å². The number of nitrogens with zero attached hydrogens (tertiary/aromatic N) is 1. The third kappa shape index (κ3) is 4.71. The van der Waals surface area contributed by atoms with Crippen LogP contribution < -0.4 is 4.72 Å². The highest BCUT2D eigenvalue weighted by molar-refractivity contribution is 7.89. The fourth-order valence-corrected chi connectivity index (χ4v) is 3.38. The zero-order valence-electron chi connectivity index (χ0n) is 10.5. The van der Waals surface area contributed by atoms with Gasteiger partial charge in [0.05, 0.1) is 25.3 Å². The molecule has 6 nitrogen and oxygen atoms in total. The molecule has 1 aromatic rings. The molecular formula is C10H16N2O4S2. The quantitative estimate of drug-likeness (QED) is 0.779. The summed E-state index contributed by atoms with van der Waals surface area (Å²) in [4.78, 5) is 15.3. The minimum atomic E-state index is -3.51. The van der Waals surface area contributed by atoms with Crippen molar-refractivity contribution in [3.8, 4) is 0 Å². The Morgan fingerprint density at radius 1 is 1.61 bits per heavy atom. The number of ether oxygens (including phenoxy) is 1. The second-order valence-corrected chi connectivity index (χ2v) is 6.70. The molecule has 0 aliphatic heterocycles. The van der Waals surface area contributed by atoms with Crippen LogP contribution in [0.2, 0.25) is 0 Å². The van der Waals surface area contributed by atoms with Crippen molar-refractivity contribution in [2.75, 3.05) is 12.9 Å². The van der Waals surface area contributed by atoms with Gasteiger partial charge >= 0.3 is 5.97 Å². The molecule has 0 aliphatic carbocycles. The van der Waals surface area contributed by atoms with Crippen LogP contribution in [0.15, 0.2) is 5.38 Å². The van der Waals surface area contributed by atoms with Gasteiger partial charge in [0.25, 0.3) is 0 Å². The Hall–Kier alpha value is -0.990. The monoisotopic (exact) mass is 292 g/mol. The van der Waals surface area contributed by atoms with Gasteiger partial charge in [-0.2, -0.15) is 0 Å². The van der Waals surface area contributed by atoms with Gasteiger partial charge in [0, 0.05) is 11.1 Å². The van der Waals surface area contributed by atoms with Gasteiger partial charge in [-0.3, -0.25) is 4.79 Å². The molecule has 0 amide bonds. The maximum Gasteiger partial charge on any atom is 0.309 e. The highest BCUT2D eigenvalue weighted by Crippen LogP contribution is 2.09. The number of carbonyl (C=O) groups is 1. The van der Waals surface area contributed by atoms with Crippen LogP contribution in [0.1, 0.15) is 17.6 Å². The zero-order chi connectivity index (χ0) is 13.8. The van der Waals surface area contributed by atoms with E-state index >= 15 is 0 Å². The average Bonchev–Trinajstić information content (AvgIpc) is 2.71. The van der Waals surface area contributed by atoms with Gasteiger partial charge in [0.2, 0.25) is 10.0 Å². The van der Waals surface area contributed by atoms with E-state index in [1.165, 1.54) is 25.4 Å². The average molecular weight is 292 g/mol. The molecule has 0 fully saturated rings. The van der Waals surface area contributed by atoms with Crippen LogP contribution in [0.5, 0.6) is 0 Å². The van der Waals surface area contributed by atoms with Gasteiger partial charge < -0.3 is 4.74 Å². The topological polar surface area (TPSA) is 85.4 Å². The van der Waals surface area contributed by atoms with Crippen LogP contribution in [-0.4, -0.2) is 32.2 Å². The lowest BCUT2D eigenvalue weighted by molar-refractivity contribution is -0.144. The summed E-state index contributed by atoms with van der Waals surface area (Å²) in [5.41, 5.74) is 0.858. The van der Waals surface area contributed by atoms with E-state index in [9.17, 15) is 13.2 Å². The SMILES string of the molecule is COC(=O)C(C)CS(=O)(=O)NCc1nc(C)cs1. The van der Waals surface area contributed by atoms with Crippen molar-refractivity contribution in [2.45, 2.75) is 20.4 Å². The highest BCUT2D eigenvalue weighted by atomic mass is 32.2. The number of nitrogens with one attached hydrogen (secondary N) is 1. The number of aromatic nitrogens is 1. The minimum Gasteiger partial charge on any atom is -0.469 e. The summed E-state index contributed by atoms with van der Waals surface area (Å²) in [5.74, 6) is -1.51. The summed E-state index contributed by atoms with van der Waals surface area (Å²) in [6, 6.07) is 0. The first-order valence-electron chi connectivity index (χ1n) is 5.30. The number of hydrogen-bond donors (Lipinski definition) is 1. The first-order chi connectivity index (χ1) is 8.34. The third-order valence-electron chi connectivity index (χ3n) is 2.18. The Morgan fingerprint density at radius 3 is 2.78 bits per heavy atom. The number of sulfonamides is 1. The van der Waals surface area contributed by atoms with Crippen molar-refractivity contribution in [2.24, 2.45) is 5.92 Å². The smallest absolute Gasteiger partial charge is 0.309 e. The maximum atomic E-state index is 11.7. The molecule has 0 saturated heterocycles. The summed E-state index contributed by atoms with van der Waals surface area (Å²) < 4.78 is 30.3. The Balaban J connectivity index is 2.52. The molecule has 1 aromatic heterocycles. The maximum absolute atomic E-state index is 11.7. The van der Waals surface area contributed by atoms with Crippen LogP contribution >= 0.6 is 11.3 Å². The fourth-order valence-electron chi connectivity index (χ4n) is 1.31. The van der Waals surface area contributed by atoms with Crippen LogP contribution in [0.4, 0.5) is 0 Å². The predicted molar refractivity (Wildman–Crippen MR) is 68.7 cm³/mol. The first-order valence-corrected chi connectivity index (χ1v) is 7.83. The van der Waals surface area contributed by atoms with E-state index in [1.54, 1.807) is 0 Å². The van der Waals surface area contributed by atoms with Gasteiger partial charge in [0.15, 0.2) is 0 Å². The molecule has 0 bridgehead atoms. The van der Waals surface area contributed by atoms with Gasteiger partial charge in [0.1, 0.15) is 5.01 Å². The molecule has 0 spiro atoms. The van der Waals surface area contributed by atoms with Crippen LogP contribution in [-0.2, 0) is 26.1 Å². The number of rotatable bonds is 6. The summed E-state index contributed by atoms with van der Waals surface area (Å²) in [5, 5.41) is 2.54. The number of methoxy groups -OCH3 is 1. The van der Waals surface area contributed by atoms with Crippen LogP contribution in [0.25, 0.3) is 0 Å². The van der Waals surface area contributed by atoms with Crippen molar-refractivity contribution in [3.63, 3.8) is 0 Å². The summed E-state index contributed by atoms with van der Waals surface area (Å²) in [6.07, 6.45) is 0. The van der Waals surface area contributed by atoms with E-state index in [1.807, 2.05) is 12.3 Å². The molecule has 0 radical (unpaired) electrons. The van der Waals surface area contributed by atoms with E-state index in [4.69, 9.17) is 0 Å². The molecule has 1 N–H and O–H groups in total. The van der Waals surface area contributed by atoms with E-state index in [0.717, 1.165) is 5.69 Å². The number of aryl methyl sites for hydroxylation is 1. The Labute approximate surface area is 110 Å². The number of esters is 1. The van der Waals surface area contributed by atoms with Crippen LogP contribution in [0, 0.1) is 12.8 Å². The molecule has 1 heterocycles. The number of carbonyl (C=O) groups excluding carboxylic acids is 1. The standard InChI is InChI=1S/C10H16N2O4S2/c1-7(10(13)16-3)6-18(14,15)11-4-9-12-8(2)5-17-9/h5,7,11H,4,6H2,1-3H3. The third-order valence-corrected chi connectivity index (χ3v) is 4.67. The van der Waals surface area contributed by atoms with E-state index in [-0.39, 0.29) is 12.3 Å². The fraction of sp³-hybridized carbons (Fsp3) is 0.600. The van der Waals surface area contributed by atoms with Crippen molar-refractivity contribution in [3.05, 3.63) is 16.1 Å². The minimum absolute atomic E-state index is 0.148. The van der Waals surface area contributed by atoms with Gasteiger partial charge in [-0.05, 0) is 6.92 Å². The Morgan fingerprint density at radius 2 is 2.28 bits per heavy atom. The Bertz CT molecular complexity index is 510. The molecule has 1 unspecified atom stereocenters. The van der Waals surface area contributed by atoms with Crippen molar-refractivity contribution in [1.82, 2.24) is 9.71 Å². The van der Waals surface area contributed by atoms with Crippen LogP contribution in [0.3, 0.4) is 0 Å². The molecule has 102 valence electrons. The van der Waals surface area contributed by atoms with E-state index in [0.29, 0.717) is 5.01 Å². The zero-order valence-corrected chi connectivity index (χ0v) is 12.1. The molecule has 1 rings (SSSR count). The number of thiazole rings is 1. The second kappa shape index (κ2) is 6.26. The van der Waals surface area contributed by atoms with Crippen molar-refractivity contribution in [1.29, 1.82) is 0 Å². The van der Waals surface area contributed by atoms with Crippen molar-refractivity contribution >= 4 is 27.3 Å². The molecule has 0 saturated carbocycles. The normalized spacial score (nSPS) is 13.3. The van der Waals surface area contributed by atoms with Crippen molar-refractivity contribution < 1.29 is 17.9 Å². The second-order valence-electron chi connectivity index (χ2n) is 3.91. The largest absolute Gasteiger partial charge is 0.469 e. The lowest BCUT2D eigenvalue weighted by atomic mass is 10.2. The lowest BCUT2D eigenvalue weighted by Crippen LogP contribution is -2.31. The summed E-state index contributed by atoms with van der Waals surface area (Å²) >= 11 is 1.39. The first kappa shape index (κ1) is 15.1. The molecular weight excluding hydrogens is 276 g/mol. The summed E-state index contributed by atoms with van der Waals surface area (Å²) in [6.45, 7) is 3.50. The van der Waals surface area contributed by atoms with E-state index < -0.39 is 21.9 Å². The molecule has 18 heavy (non-hydrogen) atoms.